The Balaban J connectivity index is 1.47. The van der Waals surface area contributed by atoms with Crippen LogP contribution in [0.4, 0.5) is 16.5 Å². The van der Waals surface area contributed by atoms with Crippen LogP contribution in [0.15, 0.2) is 94.6 Å². The molecule has 220 valence electrons. The van der Waals surface area contributed by atoms with Gasteiger partial charge in [-0.05, 0) is 66.8 Å². The van der Waals surface area contributed by atoms with Gasteiger partial charge in [0.2, 0.25) is 16.2 Å². The monoisotopic (exact) mass is 634 g/mol. The molecule has 43 heavy (non-hydrogen) atoms. The third kappa shape index (κ3) is 9.23. The molecule has 0 aliphatic carbocycles. The molecule has 4 rings (SSSR count). The van der Waals surface area contributed by atoms with Crippen molar-refractivity contribution in [2.24, 2.45) is 0 Å². The van der Waals surface area contributed by atoms with Gasteiger partial charge in [0.25, 0.3) is 17.5 Å². The van der Waals surface area contributed by atoms with Crippen molar-refractivity contribution >= 4 is 75.4 Å². The van der Waals surface area contributed by atoms with Crippen LogP contribution < -0.4 is 16.0 Å². The average molecular weight is 635 g/mol. The Hall–Kier alpha value is -4.53. The summed E-state index contributed by atoms with van der Waals surface area (Å²) in [6.45, 7) is 3.76. The van der Waals surface area contributed by atoms with Crippen LogP contribution >= 0.6 is 35.1 Å². The fraction of sp³-hybridized carbons (Fsp3) is 0.138. The van der Waals surface area contributed by atoms with Crippen molar-refractivity contribution in [2.45, 2.75) is 29.1 Å². The summed E-state index contributed by atoms with van der Waals surface area (Å²) in [5.41, 5.74) is 1.11. The van der Waals surface area contributed by atoms with Crippen molar-refractivity contribution in [3.8, 4) is 0 Å². The topological polar surface area (TPSA) is 156 Å². The molecule has 0 fully saturated rings. The number of anilines is 2. The van der Waals surface area contributed by atoms with Crippen LogP contribution in [0.5, 0.6) is 0 Å². The maximum atomic E-state index is 13.4. The number of nitro benzene ring substituents is 1. The summed E-state index contributed by atoms with van der Waals surface area (Å²) in [6, 6.07) is 20.9. The van der Waals surface area contributed by atoms with E-state index >= 15 is 0 Å². The number of amides is 3. The summed E-state index contributed by atoms with van der Waals surface area (Å²) in [5, 5.41) is 19.8. The van der Waals surface area contributed by atoms with Crippen molar-refractivity contribution in [3.05, 3.63) is 106 Å². The standard InChI is InChI=1S/C29H26N6O5S3/c1-3-41-29-33-28(43-34-29)32-25(36)18(2)42-23-11-7-10-21(17-23)30-27(38)24(31-26(37)20-8-5-4-6-9-20)16-19-12-14-22(15-13-19)35(39)40/h4-18H,3H2,1-2H3,(H,30,38)(H,31,37)(H,32,33,34,36)/b24-16+. The highest BCUT2D eigenvalue weighted by atomic mass is 32.2. The second kappa shape index (κ2) is 15.1. The van der Waals surface area contributed by atoms with Crippen LogP contribution in [0, 0.1) is 10.1 Å². The third-order valence-electron chi connectivity index (χ3n) is 5.63. The number of non-ortho nitro benzene ring substituents is 1. The van der Waals surface area contributed by atoms with Crippen molar-refractivity contribution in [1.29, 1.82) is 0 Å². The van der Waals surface area contributed by atoms with E-state index in [1.807, 2.05) is 13.0 Å². The lowest BCUT2D eigenvalue weighted by molar-refractivity contribution is -0.384. The van der Waals surface area contributed by atoms with Gasteiger partial charge in [0.15, 0.2) is 0 Å². The van der Waals surface area contributed by atoms with Crippen LogP contribution in [0.25, 0.3) is 6.08 Å². The Bertz CT molecular complexity index is 1640. The molecule has 11 nitrogen and oxygen atoms in total. The number of carbonyl (C=O) groups excluding carboxylic acids is 3. The number of hydrogen-bond acceptors (Lipinski definition) is 10. The molecule has 3 N–H and O–H groups in total. The largest absolute Gasteiger partial charge is 0.321 e. The molecular formula is C29H26N6O5S3. The molecular weight excluding hydrogens is 609 g/mol. The van der Waals surface area contributed by atoms with Gasteiger partial charge in [0, 0.05) is 39.8 Å². The van der Waals surface area contributed by atoms with Crippen molar-refractivity contribution in [3.63, 3.8) is 0 Å². The zero-order chi connectivity index (χ0) is 30.8. The van der Waals surface area contributed by atoms with E-state index in [-0.39, 0.29) is 17.3 Å². The summed E-state index contributed by atoms with van der Waals surface area (Å²) in [4.78, 5) is 54.5. The molecule has 1 heterocycles. The lowest BCUT2D eigenvalue weighted by Gasteiger charge is -2.13. The van der Waals surface area contributed by atoms with Gasteiger partial charge in [0.1, 0.15) is 5.70 Å². The van der Waals surface area contributed by atoms with Gasteiger partial charge in [0.05, 0.1) is 10.2 Å². The van der Waals surface area contributed by atoms with Crippen molar-refractivity contribution in [2.75, 3.05) is 16.4 Å². The first kappa shape index (κ1) is 31.4. The predicted octanol–water partition coefficient (Wildman–Crippen LogP) is 6.09. The number of benzene rings is 3. The van der Waals surface area contributed by atoms with E-state index in [2.05, 4.69) is 25.3 Å². The zero-order valence-electron chi connectivity index (χ0n) is 23.0. The smallest absolute Gasteiger partial charge is 0.272 e. The second-order valence-electron chi connectivity index (χ2n) is 8.77. The predicted molar refractivity (Wildman–Crippen MR) is 170 cm³/mol. The molecule has 1 atom stereocenters. The van der Waals surface area contributed by atoms with E-state index in [4.69, 9.17) is 0 Å². The van der Waals surface area contributed by atoms with Crippen LogP contribution in [-0.2, 0) is 9.59 Å². The molecule has 3 aromatic carbocycles. The van der Waals surface area contributed by atoms with E-state index in [9.17, 15) is 24.5 Å². The third-order valence-corrected chi connectivity index (χ3v) is 8.20. The van der Waals surface area contributed by atoms with E-state index in [0.717, 1.165) is 22.2 Å². The Labute approximate surface area is 259 Å². The SMILES string of the molecule is CCSc1nsc(NC(=O)C(C)Sc2cccc(NC(=O)/C(=C\c3ccc([N+](=O)[O-])cc3)NC(=O)c3ccccc3)c2)n1. The number of aromatic nitrogens is 2. The number of thioether (sulfide) groups is 2. The number of hydrogen-bond donors (Lipinski definition) is 3. The number of nitrogens with zero attached hydrogens (tertiary/aromatic N) is 3. The number of nitrogens with one attached hydrogen (secondary N) is 3. The van der Waals surface area contributed by atoms with Gasteiger partial charge in [-0.2, -0.15) is 9.36 Å². The highest BCUT2D eigenvalue weighted by Gasteiger charge is 2.19. The minimum absolute atomic E-state index is 0.0637. The minimum atomic E-state index is -0.604. The van der Waals surface area contributed by atoms with Crippen LogP contribution in [-0.4, -0.2) is 43.0 Å². The van der Waals surface area contributed by atoms with Gasteiger partial charge in [-0.1, -0.05) is 43.0 Å². The highest BCUT2D eigenvalue weighted by molar-refractivity contribution is 8.00. The molecule has 0 saturated heterocycles. The van der Waals surface area contributed by atoms with E-state index in [1.165, 1.54) is 53.9 Å². The lowest BCUT2D eigenvalue weighted by atomic mass is 10.1. The molecule has 3 amide bonds. The van der Waals surface area contributed by atoms with Crippen LogP contribution in [0.2, 0.25) is 0 Å². The normalized spacial score (nSPS) is 11.8. The van der Waals surface area contributed by atoms with E-state index < -0.39 is 22.0 Å². The Morgan fingerprint density at radius 2 is 1.77 bits per heavy atom. The molecule has 1 aromatic heterocycles. The number of carbonyl (C=O) groups is 3. The maximum absolute atomic E-state index is 13.4. The number of nitro groups is 1. The summed E-state index contributed by atoms with van der Waals surface area (Å²) in [7, 11) is 0. The van der Waals surface area contributed by atoms with E-state index in [0.29, 0.717) is 27.1 Å². The first-order chi connectivity index (χ1) is 20.7. The first-order valence-electron chi connectivity index (χ1n) is 12.9. The Kier molecular flexibility index (Phi) is 11.0. The molecule has 0 radical (unpaired) electrons. The molecule has 0 bridgehead atoms. The van der Waals surface area contributed by atoms with E-state index in [1.54, 1.807) is 55.5 Å². The fourth-order valence-electron chi connectivity index (χ4n) is 3.56. The molecule has 14 heteroatoms. The van der Waals surface area contributed by atoms with Crippen molar-refractivity contribution in [1.82, 2.24) is 14.7 Å². The molecule has 0 spiro atoms. The summed E-state index contributed by atoms with van der Waals surface area (Å²) < 4.78 is 4.20. The number of rotatable bonds is 12. The second-order valence-corrected chi connectivity index (χ2v) is 12.2. The Morgan fingerprint density at radius 1 is 1.02 bits per heavy atom. The summed E-state index contributed by atoms with van der Waals surface area (Å²) >= 11 is 3.91. The Morgan fingerprint density at radius 3 is 2.47 bits per heavy atom. The minimum Gasteiger partial charge on any atom is -0.321 e. The lowest BCUT2D eigenvalue weighted by Crippen LogP contribution is -2.30. The quantitative estimate of drug-likeness (QED) is 0.0726. The molecule has 0 saturated carbocycles. The summed E-state index contributed by atoms with van der Waals surface area (Å²) in [6.07, 6.45) is 1.43. The van der Waals surface area contributed by atoms with Gasteiger partial charge in [-0.3, -0.25) is 29.8 Å². The average Bonchev–Trinajstić information content (AvgIpc) is 3.44. The fourth-order valence-corrected chi connectivity index (χ4v) is 5.76. The highest BCUT2D eigenvalue weighted by Crippen LogP contribution is 2.28. The van der Waals surface area contributed by atoms with Gasteiger partial charge in [-0.15, -0.1) is 11.8 Å². The molecule has 4 aromatic rings. The van der Waals surface area contributed by atoms with Gasteiger partial charge < -0.3 is 10.6 Å². The molecule has 0 aliphatic heterocycles. The zero-order valence-corrected chi connectivity index (χ0v) is 25.4. The van der Waals surface area contributed by atoms with Gasteiger partial charge in [-0.25, -0.2) is 0 Å². The molecule has 0 aliphatic rings. The van der Waals surface area contributed by atoms with Crippen molar-refractivity contribution < 1.29 is 19.3 Å². The van der Waals surface area contributed by atoms with Crippen LogP contribution in [0.1, 0.15) is 29.8 Å². The maximum Gasteiger partial charge on any atom is 0.272 e. The first-order valence-corrected chi connectivity index (χ1v) is 15.5. The van der Waals surface area contributed by atoms with Gasteiger partial charge >= 0.3 is 0 Å². The van der Waals surface area contributed by atoms with Crippen LogP contribution in [0.3, 0.4) is 0 Å². The molecule has 1 unspecified atom stereocenters. The summed E-state index contributed by atoms with van der Waals surface area (Å²) in [5.74, 6) is -0.506.